The van der Waals surface area contributed by atoms with Crippen molar-refractivity contribution in [1.82, 2.24) is 24.9 Å². The minimum absolute atomic E-state index is 0.116. The van der Waals surface area contributed by atoms with E-state index in [9.17, 15) is 13.6 Å². The van der Waals surface area contributed by atoms with Gasteiger partial charge >= 0.3 is 12.3 Å². The van der Waals surface area contributed by atoms with E-state index in [1.807, 2.05) is 0 Å². The summed E-state index contributed by atoms with van der Waals surface area (Å²) in [6, 6.07) is 8.16. The number of likely N-dealkylation sites (tertiary alicyclic amines) is 1. The normalized spacial score (nSPS) is 16.8. The van der Waals surface area contributed by atoms with Crippen molar-refractivity contribution < 1.29 is 40.6 Å². The zero-order chi connectivity index (χ0) is 36.6. The summed E-state index contributed by atoms with van der Waals surface area (Å²) in [5.74, 6) is -5.15. The predicted molar refractivity (Wildman–Crippen MR) is 177 cm³/mol. The van der Waals surface area contributed by atoms with Gasteiger partial charge in [0.1, 0.15) is 22.6 Å². The van der Waals surface area contributed by atoms with Crippen molar-refractivity contribution in [1.29, 1.82) is 0 Å². The van der Waals surface area contributed by atoms with E-state index in [-0.39, 0.29) is 30.0 Å². The number of hydrogen-bond acceptors (Lipinski definition) is 7. The number of rotatable bonds is 6. The summed E-state index contributed by atoms with van der Waals surface area (Å²) in [6.45, 7) is 6.39. The van der Waals surface area contributed by atoms with Crippen LogP contribution in [0.3, 0.4) is 0 Å². The van der Waals surface area contributed by atoms with Gasteiger partial charge in [0.2, 0.25) is 5.82 Å². The second-order valence-corrected chi connectivity index (χ2v) is 13.8. The molecule has 2 aliphatic rings. The molecule has 2 fully saturated rings. The van der Waals surface area contributed by atoms with E-state index in [1.54, 1.807) is 36.6 Å². The van der Waals surface area contributed by atoms with Crippen molar-refractivity contribution >= 4 is 23.7 Å². The van der Waals surface area contributed by atoms with Crippen LogP contribution in [0.25, 0.3) is 17.6 Å². The molecule has 0 atom stereocenters. The lowest BCUT2D eigenvalue weighted by molar-refractivity contribution is -0.138. The summed E-state index contributed by atoms with van der Waals surface area (Å²) in [5, 5.41) is 11.7. The number of amides is 1. The van der Waals surface area contributed by atoms with E-state index in [2.05, 4.69) is 15.3 Å². The fraction of sp³-hybridized carbons (Fsp3) is 0.389. The highest BCUT2D eigenvalue weighted by molar-refractivity contribution is 5.84. The zero-order valence-electron chi connectivity index (χ0n) is 28.2. The first kappa shape index (κ1) is 35.7. The van der Waals surface area contributed by atoms with Gasteiger partial charge in [0, 0.05) is 37.9 Å². The average molecular weight is 715 g/mol. The summed E-state index contributed by atoms with van der Waals surface area (Å²) in [6.07, 6.45) is 2.02. The lowest BCUT2D eigenvalue weighted by atomic mass is 9.72. The third-order valence-electron chi connectivity index (χ3n) is 8.99. The molecule has 2 aromatic carbocycles. The molecule has 9 nitrogen and oxygen atoms in total. The Morgan fingerprint density at radius 1 is 0.941 bits per heavy atom. The molecule has 0 radical (unpaired) electrons. The van der Waals surface area contributed by atoms with Gasteiger partial charge in [-0.3, -0.25) is 0 Å². The number of piperidine rings is 2. The second kappa shape index (κ2) is 13.9. The van der Waals surface area contributed by atoms with Gasteiger partial charge in [-0.15, -0.1) is 0 Å². The minimum Gasteiger partial charge on any atom is -0.453 e. The largest absolute Gasteiger partial charge is 0.453 e. The van der Waals surface area contributed by atoms with E-state index in [0.29, 0.717) is 44.5 Å². The monoisotopic (exact) mass is 714 g/mol. The summed E-state index contributed by atoms with van der Waals surface area (Å²) >= 11 is 0. The smallest absolute Gasteiger partial charge is 0.422 e. The zero-order valence-corrected chi connectivity index (χ0v) is 28.2. The topological polar surface area (TPSA) is 85.6 Å². The molecular weight excluding hydrogens is 678 g/mol. The molecular formula is C36H36F6N6O3. The molecule has 1 amide bonds. The van der Waals surface area contributed by atoms with Crippen LogP contribution in [0.1, 0.15) is 63.3 Å². The number of nitrogens with zero attached hydrogens (tertiary/aromatic N) is 6. The summed E-state index contributed by atoms with van der Waals surface area (Å²) in [4.78, 5) is 15.9. The molecule has 0 aliphatic carbocycles. The highest BCUT2D eigenvalue weighted by Crippen LogP contribution is 2.50. The minimum atomic E-state index is -5.06. The van der Waals surface area contributed by atoms with Crippen molar-refractivity contribution in [3.8, 4) is 17.2 Å². The van der Waals surface area contributed by atoms with Crippen LogP contribution in [-0.2, 0) is 10.9 Å². The molecule has 15 heteroatoms. The highest BCUT2D eigenvalue weighted by atomic mass is 19.4. The SMILES string of the molecule is CC(C)(C)OC(=O)N1CCC2(CCCN(c3c(/C=C(\F)c4ccn(-c5ccnnc5)n4)ccc(Oc4cccc(F)c4F)c3C(F)(F)F)C2)CC1. The van der Waals surface area contributed by atoms with Gasteiger partial charge in [0.25, 0.3) is 0 Å². The van der Waals surface area contributed by atoms with Crippen LogP contribution in [0.5, 0.6) is 11.5 Å². The Bertz CT molecular complexity index is 1920. The molecule has 0 bridgehead atoms. The third-order valence-corrected chi connectivity index (χ3v) is 8.99. The van der Waals surface area contributed by atoms with Crippen molar-refractivity contribution in [2.45, 2.75) is 58.2 Å². The van der Waals surface area contributed by atoms with Crippen LogP contribution >= 0.6 is 0 Å². The first-order valence-corrected chi connectivity index (χ1v) is 16.4. The van der Waals surface area contributed by atoms with Gasteiger partial charge in [-0.1, -0.05) is 6.07 Å². The van der Waals surface area contributed by atoms with Crippen LogP contribution in [0.4, 0.5) is 36.8 Å². The standard InChI is InChI=1S/C36H36F6N6O3/c1-34(2,3)51-33(49)46-18-13-35(14-19-46)12-5-16-47(22-35)32-23(20-26(38)27-11-17-48(45-27)24-10-15-43-44-21-24)8-9-28(30(32)36(40,41)42)50-29-7-4-6-25(37)31(29)39/h4,6-11,15,17,20-21H,5,12-14,16,18-19,22H2,1-3H3/b26-20-. The van der Waals surface area contributed by atoms with Crippen molar-refractivity contribution in [3.05, 3.63) is 89.5 Å². The fourth-order valence-corrected chi connectivity index (χ4v) is 6.61. The Hall–Kier alpha value is -5.08. The molecule has 6 rings (SSSR count). The van der Waals surface area contributed by atoms with Crippen LogP contribution in [0, 0.1) is 17.0 Å². The molecule has 2 aromatic heterocycles. The highest BCUT2D eigenvalue weighted by Gasteiger charge is 2.45. The lowest BCUT2D eigenvalue weighted by Crippen LogP contribution is -2.51. The van der Waals surface area contributed by atoms with Crippen LogP contribution < -0.4 is 9.64 Å². The fourth-order valence-electron chi connectivity index (χ4n) is 6.61. The molecule has 1 spiro atoms. The van der Waals surface area contributed by atoms with E-state index in [0.717, 1.165) is 30.3 Å². The van der Waals surface area contributed by atoms with E-state index in [1.165, 1.54) is 35.4 Å². The quantitative estimate of drug-likeness (QED) is 0.185. The van der Waals surface area contributed by atoms with E-state index >= 15 is 17.6 Å². The first-order chi connectivity index (χ1) is 24.1. The maximum absolute atomic E-state index is 15.9. The number of benzene rings is 2. The van der Waals surface area contributed by atoms with Crippen LogP contribution in [-0.4, -0.2) is 62.8 Å². The van der Waals surface area contributed by atoms with E-state index < -0.39 is 57.8 Å². The van der Waals surface area contributed by atoms with Crippen molar-refractivity contribution in [2.75, 3.05) is 31.1 Å². The van der Waals surface area contributed by atoms with Gasteiger partial charge in [-0.05, 0) is 94.3 Å². The summed E-state index contributed by atoms with van der Waals surface area (Å²) in [7, 11) is 0. The lowest BCUT2D eigenvalue weighted by Gasteiger charge is -2.49. The predicted octanol–water partition coefficient (Wildman–Crippen LogP) is 8.84. The van der Waals surface area contributed by atoms with Gasteiger partial charge in [-0.25, -0.2) is 18.3 Å². The second-order valence-electron chi connectivity index (χ2n) is 13.8. The molecule has 270 valence electrons. The molecule has 51 heavy (non-hydrogen) atoms. The van der Waals surface area contributed by atoms with Crippen LogP contribution in [0.15, 0.2) is 61.1 Å². The van der Waals surface area contributed by atoms with Gasteiger partial charge in [-0.2, -0.15) is 32.9 Å². The molecule has 4 aromatic rings. The van der Waals surface area contributed by atoms with Crippen LogP contribution in [0.2, 0.25) is 0 Å². The third kappa shape index (κ3) is 7.97. The molecule has 0 saturated carbocycles. The number of anilines is 1. The Kier molecular flexibility index (Phi) is 9.75. The maximum Gasteiger partial charge on any atom is 0.422 e. The average Bonchev–Trinajstić information content (AvgIpc) is 3.58. The van der Waals surface area contributed by atoms with E-state index in [4.69, 9.17) is 9.47 Å². The first-order valence-electron chi connectivity index (χ1n) is 16.4. The Morgan fingerprint density at radius 2 is 1.71 bits per heavy atom. The number of carbonyl (C=O) groups is 1. The van der Waals surface area contributed by atoms with Crippen molar-refractivity contribution in [3.63, 3.8) is 0 Å². The number of hydrogen-bond donors (Lipinski definition) is 0. The van der Waals surface area contributed by atoms with Crippen molar-refractivity contribution in [2.24, 2.45) is 5.41 Å². The van der Waals surface area contributed by atoms with Gasteiger partial charge < -0.3 is 19.3 Å². The number of halogens is 6. The summed E-state index contributed by atoms with van der Waals surface area (Å²) < 4.78 is 103. The van der Waals surface area contributed by atoms with Gasteiger partial charge in [0.05, 0.1) is 23.8 Å². The number of carbonyl (C=O) groups excluding carboxylic acids is 1. The number of aromatic nitrogens is 4. The van der Waals surface area contributed by atoms with Gasteiger partial charge in [0.15, 0.2) is 17.4 Å². The Labute approximate surface area is 290 Å². The molecule has 0 N–H and O–H groups in total. The molecule has 4 heterocycles. The number of ether oxygens (including phenoxy) is 2. The number of alkyl halides is 3. The summed E-state index contributed by atoms with van der Waals surface area (Å²) in [5.41, 5.74) is -2.53. The Morgan fingerprint density at radius 3 is 2.39 bits per heavy atom. The molecule has 0 unspecified atom stereocenters. The maximum atomic E-state index is 15.9. The Balaban J connectivity index is 1.40. The molecule has 2 saturated heterocycles. The molecule has 2 aliphatic heterocycles.